The van der Waals surface area contributed by atoms with Crippen LogP contribution in [0.25, 0.3) is 0 Å². The van der Waals surface area contributed by atoms with Crippen molar-refractivity contribution in [2.24, 2.45) is 0 Å². The maximum Gasteiger partial charge on any atom is 0.160 e. The Morgan fingerprint density at radius 1 is 1.27 bits per heavy atom. The van der Waals surface area contributed by atoms with E-state index in [0.717, 1.165) is 43.8 Å². The third-order valence-corrected chi connectivity index (χ3v) is 6.44. The fraction of sp³-hybridized carbons (Fsp3) is 0.412. The van der Waals surface area contributed by atoms with Crippen LogP contribution < -0.4 is 9.64 Å². The Morgan fingerprint density at radius 2 is 1.96 bits per heavy atom. The van der Waals surface area contributed by atoms with Gasteiger partial charge in [-0.05, 0) is 41.6 Å². The van der Waals surface area contributed by atoms with Gasteiger partial charge >= 0.3 is 0 Å². The maximum absolute atomic E-state index is 11.8. The van der Waals surface area contributed by atoms with Crippen molar-refractivity contribution in [3.05, 3.63) is 37.6 Å². The number of methoxy groups -OCH3 is 1. The summed E-state index contributed by atoms with van der Waals surface area (Å²) in [6, 6.07) is 5.76. The Kier molecular flexibility index (Phi) is 6.32. The van der Waals surface area contributed by atoms with E-state index >= 15 is 0 Å². The van der Waals surface area contributed by atoms with Crippen LogP contribution in [0.2, 0.25) is 10.0 Å². The largest absolute Gasteiger partial charge is 0.495 e. The zero-order valence-corrected chi connectivity index (χ0v) is 18.1. The number of anilines is 1. The maximum atomic E-state index is 11.8. The highest BCUT2D eigenvalue weighted by molar-refractivity contribution is 14.1. The standard InChI is InChI=1S/C17H19Cl2IN4O2/c1-11-16(19)17(20)21-24(11)15(10-25)23-7-5-22(6-8-23)12-3-4-13(18)14(9-12)26-2/h3-4,9-10,15H,5-8H2,1-2H3. The molecule has 1 aromatic heterocycles. The van der Waals surface area contributed by atoms with Crippen LogP contribution in [0.3, 0.4) is 0 Å². The lowest BCUT2D eigenvalue weighted by molar-refractivity contribution is -0.116. The molecule has 0 aliphatic carbocycles. The van der Waals surface area contributed by atoms with Gasteiger partial charge in [0.1, 0.15) is 9.45 Å². The zero-order valence-electron chi connectivity index (χ0n) is 14.5. The second kappa shape index (κ2) is 8.33. The number of piperazine rings is 1. The van der Waals surface area contributed by atoms with E-state index in [1.807, 2.05) is 25.1 Å². The molecule has 0 N–H and O–H groups in total. The molecule has 3 rings (SSSR count). The zero-order chi connectivity index (χ0) is 18.8. The number of hydrogen-bond acceptors (Lipinski definition) is 5. The van der Waals surface area contributed by atoms with Gasteiger partial charge in [-0.2, -0.15) is 5.10 Å². The number of carbonyl (C=O) groups is 1. The Labute approximate surface area is 176 Å². The monoisotopic (exact) mass is 508 g/mol. The van der Waals surface area contributed by atoms with E-state index in [1.54, 1.807) is 11.8 Å². The van der Waals surface area contributed by atoms with Gasteiger partial charge in [-0.3, -0.25) is 9.69 Å². The molecule has 0 radical (unpaired) electrons. The smallest absolute Gasteiger partial charge is 0.160 e. The lowest BCUT2D eigenvalue weighted by Gasteiger charge is -2.38. The summed E-state index contributed by atoms with van der Waals surface area (Å²) >= 11 is 14.4. The van der Waals surface area contributed by atoms with Gasteiger partial charge in [0, 0.05) is 37.9 Å². The predicted octanol–water partition coefficient (Wildman–Crippen LogP) is 3.63. The first-order chi connectivity index (χ1) is 12.5. The Morgan fingerprint density at radius 3 is 2.50 bits per heavy atom. The molecular weight excluding hydrogens is 490 g/mol. The highest BCUT2D eigenvalue weighted by Gasteiger charge is 2.28. The molecule has 9 heteroatoms. The molecule has 2 heterocycles. The molecule has 1 saturated heterocycles. The van der Waals surface area contributed by atoms with Gasteiger partial charge in [0.05, 0.1) is 22.8 Å². The van der Waals surface area contributed by atoms with Crippen molar-refractivity contribution >= 4 is 57.8 Å². The van der Waals surface area contributed by atoms with Crippen molar-refractivity contribution in [3.63, 3.8) is 0 Å². The fourth-order valence-corrected chi connectivity index (χ4v) is 4.05. The summed E-state index contributed by atoms with van der Waals surface area (Å²) < 4.78 is 7.71. The van der Waals surface area contributed by atoms with E-state index in [4.69, 9.17) is 27.9 Å². The Balaban J connectivity index is 1.73. The van der Waals surface area contributed by atoms with Crippen molar-refractivity contribution < 1.29 is 9.53 Å². The molecule has 1 fully saturated rings. The van der Waals surface area contributed by atoms with Gasteiger partial charge in [0.2, 0.25) is 0 Å². The third kappa shape index (κ3) is 3.81. The van der Waals surface area contributed by atoms with Crippen molar-refractivity contribution in [1.82, 2.24) is 14.7 Å². The topological polar surface area (TPSA) is 50.6 Å². The molecule has 0 bridgehead atoms. The van der Waals surface area contributed by atoms with Crippen LogP contribution in [0.15, 0.2) is 18.2 Å². The minimum atomic E-state index is -0.446. The summed E-state index contributed by atoms with van der Waals surface area (Å²) in [6.07, 6.45) is 0.478. The number of carbonyl (C=O) groups excluding carboxylic acids is 1. The van der Waals surface area contributed by atoms with Crippen molar-refractivity contribution in [1.29, 1.82) is 0 Å². The quantitative estimate of drug-likeness (QED) is 0.456. The highest BCUT2D eigenvalue weighted by Crippen LogP contribution is 2.31. The second-order valence-corrected chi connectivity index (χ2v) is 7.83. The summed E-state index contributed by atoms with van der Waals surface area (Å²) in [5, 5.41) is 5.61. The molecule has 140 valence electrons. The molecule has 1 aliphatic heterocycles. The minimum Gasteiger partial charge on any atom is -0.495 e. The number of hydrogen-bond donors (Lipinski definition) is 0. The molecule has 1 unspecified atom stereocenters. The molecule has 26 heavy (non-hydrogen) atoms. The van der Waals surface area contributed by atoms with E-state index in [2.05, 4.69) is 37.5 Å². The van der Waals surface area contributed by atoms with Crippen LogP contribution in [0, 0.1) is 10.6 Å². The lowest BCUT2D eigenvalue weighted by Crippen LogP contribution is -2.49. The summed E-state index contributed by atoms with van der Waals surface area (Å²) in [4.78, 5) is 16.1. The summed E-state index contributed by atoms with van der Waals surface area (Å²) in [5.74, 6) is 0.661. The van der Waals surface area contributed by atoms with Gasteiger partial charge < -0.3 is 9.64 Å². The first kappa shape index (κ1) is 19.7. The summed E-state index contributed by atoms with van der Waals surface area (Å²) in [5.41, 5.74) is 1.86. The van der Waals surface area contributed by atoms with Gasteiger partial charge in [0.15, 0.2) is 12.5 Å². The van der Waals surface area contributed by atoms with Crippen LogP contribution in [0.1, 0.15) is 11.9 Å². The number of ether oxygens (including phenoxy) is 1. The van der Waals surface area contributed by atoms with Crippen LogP contribution in [-0.2, 0) is 4.79 Å². The van der Waals surface area contributed by atoms with Gasteiger partial charge in [-0.25, -0.2) is 4.68 Å². The Hall–Kier alpha value is -1.03. The molecular formula is C17H19Cl2IN4O2. The van der Waals surface area contributed by atoms with Crippen molar-refractivity contribution in [2.75, 3.05) is 38.2 Å². The molecule has 6 nitrogen and oxygen atoms in total. The number of rotatable bonds is 5. The van der Waals surface area contributed by atoms with E-state index in [0.29, 0.717) is 19.5 Å². The van der Waals surface area contributed by atoms with E-state index < -0.39 is 6.17 Å². The molecule has 2 aromatic rings. The summed E-state index contributed by atoms with van der Waals surface area (Å²) in [6.45, 7) is 4.94. The minimum absolute atomic E-state index is 0.446. The van der Waals surface area contributed by atoms with Crippen molar-refractivity contribution in [2.45, 2.75) is 13.1 Å². The average molecular weight is 509 g/mol. The third-order valence-electron chi connectivity index (χ3n) is 4.60. The number of aldehydes is 1. The summed E-state index contributed by atoms with van der Waals surface area (Å²) in [7, 11) is 1.61. The lowest BCUT2D eigenvalue weighted by atomic mass is 10.2. The van der Waals surface area contributed by atoms with Crippen LogP contribution in [0.4, 0.5) is 5.69 Å². The molecule has 0 spiro atoms. The number of nitrogens with zero attached hydrogens (tertiary/aromatic N) is 4. The van der Waals surface area contributed by atoms with Crippen LogP contribution in [-0.4, -0.2) is 54.3 Å². The Bertz CT molecular complexity index is 806. The highest BCUT2D eigenvalue weighted by atomic mass is 127. The van der Waals surface area contributed by atoms with Crippen molar-refractivity contribution in [3.8, 4) is 5.75 Å². The molecule has 1 aliphatic rings. The van der Waals surface area contributed by atoms with Crippen LogP contribution >= 0.6 is 45.8 Å². The second-order valence-electron chi connectivity index (χ2n) is 6.03. The average Bonchev–Trinajstić information content (AvgIpc) is 2.91. The van der Waals surface area contributed by atoms with Crippen LogP contribution in [0.5, 0.6) is 5.75 Å². The fourth-order valence-electron chi connectivity index (χ4n) is 3.11. The van der Waals surface area contributed by atoms with Gasteiger partial charge in [-0.1, -0.05) is 23.2 Å². The normalized spacial score (nSPS) is 16.6. The molecule has 1 atom stereocenters. The molecule has 0 saturated carbocycles. The van der Waals surface area contributed by atoms with E-state index in [-0.39, 0.29) is 0 Å². The number of benzene rings is 1. The van der Waals surface area contributed by atoms with Gasteiger partial charge in [0.25, 0.3) is 0 Å². The molecule has 1 aromatic carbocycles. The first-order valence-corrected chi connectivity index (χ1v) is 9.97. The first-order valence-electron chi connectivity index (χ1n) is 8.14. The SMILES string of the molecule is COc1cc(N2CCN(C(C=O)n3nc(I)c(Cl)c3C)CC2)ccc1Cl. The number of aromatic nitrogens is 2. The number of halogens is 3. The molecule has 0 amide bonds. The van der Waals surface area contributed by atoms with E-state index in [9.17, 15) is 4.79 Å². The predicted molar refractivity (Wildman–Crippen MR) is 112 cm³/mol. The van der Waals surface area contributed by atoms with E-state index in [1.165, 1.54) is 0 Å². The van der Waals surface area contributed by atoms with Gasteiger partial charge in [-0.15, -0.1) is 0 Å².